The number of benzene rings is 1. The topological polar surface area (TPSA) is 35.5 Å². The molecule has 0 spiro atoms. The van der Waals surface area contributed by atoms with Crippen molar-refractivity contribution in [2.24, 2.45) is 5.92 Å². The van der Waals surface area contributed by atoms with E-state index in [-0.39, 0.29) is 24.4 Å². The average molecular weight is 288 g/mol. The van der Waals surface area contributed by atoms with Gasteiger partial charge in [-0.3, -0.25) is 4.90 Å². The van der Waals surface area contributed by atoms with E-state index in [0.29, 0.717) is 6.42 Å². The van der Waals surface area contributed by atoms with Crippen LogP contribution < -0.4 is 5.32 Å². The van der Waals surface area contributed by atoms with Crippen molar-refractivity contribution in [2.75, 3.05) is 25.0 Å². The summed E-state index contributed by atoms with van der Waals surface area (Å²) in [5, 5.41) is 12.2. The minimum Gasteiger partial charge on any atom is -0.396 e. The first-order chi connectivity index (χ1) is 9.56. The van der Waals surface area contributed by atoms with E-state index in [1.807, 2.05) is 6.92 Å². The molecule has 1 fully saturated rings. The molecule has 0 amide bonds. The lowest BCUT2D eigenvalue weighted by Crippen LogP contribution is -2.47. The molecule has 0 bridgehead atoms. The van der Waals surface area contributed by atoms with Crippen LogP contribution in [0, 0.1) is 23.4 Å². The molecule has 3 nitrogen and oxygen atoms in total. The first-order valence-corrected chi connectivity index (χ1v) is 6.81. The Bertz CT molecular complexity index is 470. The van der Waals surface area contributed by atoms with E-state index in [2.05, 4.69) is 10.2 Å². The molecule has 0 radical (unpaired) electrons. The maximum atomic E-state index is 13.7. The number of rotatable bonds is 4. The van der Waals surface area contributed by atoms with E-state index in [4.69, 9.17) is 0 Å². The predicted octanol–water partition coefficient (Wildman–Crippen LogP) is 2.57. The van der Waals surface area contributed by atoms with Crippen molar-refractivity contribution in [3.63, 3.8) is 0 Å². The number of likely N-dealkylation sites (tertiary alicyclic amines) is 1. The summed E-state index contributed by atoms with van der Waals surface area (Å²) in [6.07, 6.45) is 1.33. The second-order valence-electron chi connectivity index (χ2n) is 5.08. The Balaban J connectivity index is 2.16. The smallest absolute Gasteiger partial charge is 0.196 e. The van der Waals surface area contributed by atoms with E-state index < -0.39 is 17.5 Å². The van der Waals surface area contributed by atoms with Crippen molar-refractivity contribution in [2.45, 2.75) is 25.9 Å². The van der Waals surface area contributed by atoms with Crippen molar-refractivity contribution in [3.8, 4) is 0 Å². The maximum absolute atomic E-state index is 13.7. The lowest BCUT2D eigenvalue weighted by molar-refractivity contribution is 0.0974. The highest BCUT2D eigenvalue weighted by Gasteiger charge is 2.28. The number of hydrogen-bond donors (Lipinski definition) is 2. The van der Waals surface area contributed by atoms with Crippen molar-refractivity contribution in [1.82, 2.24) is 4.90 Å². The second-order valence-corrected chi connectivity index (χ2v) is 5.08. The quantitative estimate of drug-likeness (QED) is 0.836. The molecule has 1 heterocycles. The number of halogens is 3. The molecule has 2 unspecified atom stereocenters. The fraction of sp³-hybridized carbons (Fsp3) is 0.571. The van der Waals surface area contributed by atoms with Gasteiger partial charge >= 0.3 is 0 Å². The molecule has 2 atom stereocenters. The van der Waals surface area contributed by atoms with Crippen LogP contribution in [0.4, 0.5) is 18.9 Å². The van der Waals surface area contributed by atoms with Crippen LogP contribution in [0.2, 0.25) is 0 Å². The SMILES string of the molecule is CCN1CCC(CO)CC1Nc1ccc(F)c(F)c1F. The third kappa shape index (κ3) is 3.07. The third-order valence-electron chi connectivity index (χ3n) is 3.84. The molecule has 112 valence electrons. The first-order valence-electron chi connectivity index (χ1n) is 6.81. The number of anilines is 1. The molecule has 1 aliphatic rings. The zero-order valence-electron chi connectivity index (χ0n) is 11.4. The normalized spacial score (nSPS) is 23.9. The number of hydrogen-bond acceptors (Lipinski definition) is 3. The van der Waals surface area contributed by atoms with Crippen LogP contribution in [0.3, 0.4) is 0 Å². The van der Waals surface area contributed by atoms with Crippen LogP contribution in [-0.4, -0.2) is 35.9 Å². The monoisotopic (exact) mass is 288 g/mol. The fourth-order valence-corrected chi connectivity index (χ4v) is 2.60. The molecule has 0 saturated carbocycles. The van der Waals surface area contributed by atoms with Gasteiger partial charge in [-0.25, -0.2) is 13.2 Å². The number of nitrogens with one attached hydrogen (secondary N) is 1. The van der Waals surface area contributed by atoms with E-state index in [0.717, 1.165) is 25.6 Å². The molecule has 0 aliphatic carbocycles. The van der Waals surface area contributed by atoms with E-state index >= 15 is 0 Å². The summed E-state index contributed by atoms with van der Waals surface area (Å²) in [4.78, 5) is 2.09. The zero-order chi connectivity index (χ0) is 14.7. The summed E-state index contributed by atoms with van der Waals surface area (Å²) in [7, 11) is 0. The maximum Gasteiger partial charge on any atom is 0.196 e. The Hall–Kier alpha value is -1.27. The number of aliphatic hydroxyl groups excluding tert-OH is 1. The zero-order valence-corrected chi connectivity index (χ0v) is 11.4. The van der Waals surface area contributed by atoms with Gasteiger partial charge in [-0.15, -0.1) is 0 Å². The van der Waals surface area contributed by atoms with Gasteiger partial charge in [0.25, 0.3) is 0 Å². The predicted molar refractivity (Wildman–Crippen MR) is 70.8 cm³/mol. The average Bonchev–Trinajstić information content (AvgIpc) is 2.47. The Labute approximate surface area is 116 Å². The van der Waals surface area contributed by atoms with Gasteiger partial charge in [-0.05, 0) is 37.4 Å². The van der Waals surface area contributed by atoms with Gasteiger partial charge in [-0.1, -0.05) is 6.92 Å². The van der Waals surface area contributed by atoms with Crippen molar-refractivity contribution < 1.29 is 18.3 Å². The van der Waals surface area contributed by atoms with Crippen LogP contribution in [0.25, 0.3) is 0 Å². The molecular formula is C14H19F3N2O. The summed E-state index contributed by atoms with van der Waals surface area (Å²) >= 11 is 0. The van der Waals surface area contributed by atoms with Crippen molar-refractivity contribution >= 4 is 5.69 Å². The lowest BCUT2D eigenvalue weighted by Gasteiger charge is -2.39. The summed E-state index contributed by atoms with van der Waals surface area (Å²) in [6.45, 7) is 3.61. The molecule has 0 aromatic heterocycles. The molecule has 1 aromatic carbocycles. The van der Waals surface area contributed by atoms with Crippen LogP contribution in [0.1, 0.15) is 19.8 Å². The van der Waals surface area contributed by atoms with Gasteiger partial charge in [0, 0.05) is 13.2 Å². The van der Waals surface area contributed by atoms with Gasteiger partial charge in [0.15, 0.2) is 17.5 Å². The van der Waals surface area contributed by atoms with E-state index in [1.165, 1.54) is 6.07 Å². The number of aliphatic hydroxyl groups is 1. The molecule has 1 saturated heterocycles. The van der Waals surface area contributed by atoms with E-state index in [9.17, 15) is 18.3 Å². The van der Waals surface area contributed by atoms with Crippen LogP contribution >= 0.6 is 0 Å². The Morgan fingerprint density at radius 2 is 2.05 bits per heavy atom. The standard InChI is InChI=1S/C14H19F3N2O/c1-2-19-6-5-9(8-20)7-12(19)18-11-4-3-10(15)13(16)14(11)17/h3-4,9,12,18,20H,2,5-8H2,1H3. The van der Waals surface area contributed by atoms with Crippen LogP contribution in [0.15, 0.2) is 12.1 Å². The van der Waals surface area contributed by atoms with Gasteiger partial charge in [-0.2, -0.15) is 0 Å². The summed E-state index contributed by atoms with van der Waals surface area (Å²) in [5.41, 5.74) is -0.0501. The highest BCUT2D eigenvalue weighted by atomic mass is 19.2. The largest absolute Gasteiger partial charge is 0.396 e. The van der Waals surface area contributed by atoms with Crippen LogP contribution in [-0.2, 0) is 0 Å². The second kappa shape index (κ2) is 6.45. The lowest BCUT2D eigenvalue weighted by atomic mass is 9.95. The number of nitrogens with zero attached hydrogens (tertiary/aromatic N) is 1. The van der Waals surface area contributed by atoms with Crippen molar-refractivity contribution in [3.05, 3.63) is 29.6 Å². The van der Waals surface area contributed by atoms with Gasteiger partial charge in [0.1, 0.15) is 0 Å². The Kier molecular flexibility index (Phi) is 4.88. The summed E-state index contributed by atoms with van der Waals surface area (Å²) in [6, 6.07) is 2.10. The molecule has 2 rings (SSSR count). The summed E-state index contributed by atoms with van der Waals surface area (Å²) in [5.74, 6) is -3.72. The highest BCUT2D eigenvalue weighted by molar-refractivity contribution is 5.46. The van der Waals surface area contributed by atoms with Crippen LogP contribution in [0.5, 0.6) is 0 Å². The highest BCUT2D eigenvalue weighted by Crippen LogP contribution is 2.26. The van der Waals surface area contributed by atoms with Gasteiger partial charge < -0.3 is 10.4 Å². The molecular weight excluding hydrogens is 269 g/mol. The van der Waals surface area contributed by atoms with Gasteiger partial charge in [0.2, 0.25) is 0 Å². The molecule has 1 aliphatic heterocycles. The number of piperidine rings is 1. The molecule has 20 heavy (non-hydrogen) atoms. The fourth-order valence-electron chi connectivity index (χ4n) is 2.60. The summed E-state index contributed by atoms with van der Waals surface area (Å²) < 4.78 is 39.8. The first kappa shape index (κ1) is 15.1. The minimum atomic E-state index is -1.47. The van der Waals surface area contributed by atoms with Crippen molar-refractivity contribution in [1.29, 1.82) is 0 Å². The Morgan fingerprint density at radius 3 is 2.70 bits per heavy atom. The molecule has 1 aromatic rings. The minimum absolute atomic E-state index is 0.0501. The Morgan fingerprint density at radius 1 is 1.30 bits per heavy atom. The molecule has 6 heteroatoms. The van der Waals surface area contributed by atoms with E-state index in [1.54, 1.807) is 0 Å². The third-order valence-corrected chi connectivity index (χ3v) is 3.84. The molecule has 2 N–H and O–H groups in total. The van der Waals surface area contributed by atoms with Gasteiger partial charge in [0.05, 0.1) is 11.9 Å².